The number of aromatic nitrogens is 6. The molecular formula is C31H29FN8O2S. The van der Waals surface area contributed by atoms with E-state index in [4.69, 9.17) is 4.98 Å². The Labute approximate surface area is 247 Å². The van der Waals surface area contributed by atoms with Crippen LogP contribution in [0.2, 0.25) is 0 Å². The van der Waals surface area contributed by atoms with Crippen LogP contribution < -0.4 is 4.72 Å². The van der Waals surface area contributed by atoms with Crippen molar-refractivity contribution in [2.45, 2.75) is 25.9 Å². The molecule has 1 aliphatic rings. The molecule has 7 rings (SSSR count). The van der Waals surface area contributed by atoms with E-state index in [1.54, 1.807) is 12.3 Å². The van der Waals surface area contributed by atoms with Gasteiger partial charge in [-0.1, -0.05) is 12.1 Å². The standard InChI is InChI=1S/C31H29FN8O2S/c1-43(41,42)35-15-19-9-21(12-24(32)11-19)25-5-4-6-27-28(25)37-31(36-27)29-26-13-23(17-34-30(26)39-38-29)22-10-20(14-33-16-22)18-40-7-2-3-8-40/h4-6,9-14,16-17,35H,2-3,7-8,15,18H2,1H3,(H,36,37)(H,34,38,39). The van der Waals surface area contributed by atoms with Gasteiger partial charge in [-0.2, -0.15) is 5.10 Å². The number of H-pyrrole nitrogens is 2. The highest BCUT2D eigenvalue weighted by Crippen LogP contribution is 2.33. The lowest BCUT2D eigenvalue weighted by molar-refractivity contribution is 0.331. The van der Waals surface area contributed by atoms with Crippen LogP contribution in [0.3, 0.4) is 0 Å². The molecule has 3 N–H and O–H groups in total. The number of halogens is 1. The van der Waals surface area contributed by atoms with Crippen molar-refractivity contribution in [3.05, 3.63) is 84.1 Å². The Balaban J connectivity index is 1.24. The third-order valence-electron chi connectivity index (χ3n) is 7.70. The largest absolute Gasteiger partial charge is 0.337 e. The van der Waals surface area contributed by atoms with Gasteiger partial charge in [-0.25, -0.2) is 27.5 Å². The highest BCUT2D eigenvalue weighted by Gasteiger charge is 2.18. The van der Waals surface area contributed by atoms with Gasteiger partial charge < -0.3 is 4.98 Å². The molecular weight excluding hydrogens is 567 g/mol. The van der Waals surface area contributed by atoms with Gasteiger partial charge in [-0.15, -0.1) is 0 Å². The van der Waals surface area contributed by atoms with Crippen LogP contribution in [0, 0.1) is 5.82 Å². The molecule has 2 aromatic carbocycles. The molecule has 43 heavy (non-hydrogen) atoms. The number of sulfonamides is 1. The molecule has 10 nitrogen and oxygen atoms in total. The van der Waals surface area contributed by atoms with E-state index in [2.05, 4.69) is 40.8 Å². The number of nitrogens with one attached hydrogen (secondary N) is 3. The number of para-hydroxylation sites is 1. The molecule has 0 unspecified atom stereocenters. The highest BCUT2D eigenvalue weighted by atomic mass is 32.2. The van der Waals surface area contributed by atoms with Crippen LogP contribution in [0.1, 0.15) is 24.0 Å². The number of hydrogen-bond donors (Lipinski definition) is 3. The summed E-state index contributed by atoms with van der Waals surface area (Å²) < 4.78 is 40.2. The molecule has 0 saturated carbocycles. The summed E-state index contributed by atoms with van der Waals surface area (Å²) >= 11 is 0. The smallest absolute Gasteiger partial charge is 0.209 e. The zero-order valence-electron chi connectivity index (χ0n) is 23.4. The topological polar surface area (TPSA) is 133 Å². The number of nitrogens with zero attached hydrogens (tertiary/aromatic N) is 5. The summed E-state index contributed by atoms with van der Waals surface area (Å²) in [6, 6.07) is 14.3. The van der Waals surface area contributed by atoms with Crippen molar-refractivity contribution in [3.8, 4) is 33.8 Å². The van der Waals surface area contributed by atoms with Gasteiger partial charge in [0.2, 0.25) is 10.0 Å². The fourth-order valence-corrected chi connectivity index (χ4v) is 6.10. The van der Waals surface area contributed by atoms with Crippen LogP contribution in [0.25, 0.3) is 55.8 Å². The van der Waals surface area contributed by atoms with E-state index < -0.39 is 15.8 Å². The number of benzene rings is 2. The van der Waals surface area contributed by atoms with Crippen molar-refractivity contribution >= 4 is 32.1 Å². The Kier molecular flexibility index (Phi) is 6.96. The monoisotopic (exact) mass is 596 g/mol. The predicted octanol–water partition coefficient (Wildman–Crippen LogP) is 5.01. The third kappa shape index (κ3) is 5.76. The molecule has 0 aliphatic carbocycles. The quantitative estimate of drug-likeness (QED) is 0.225. The fraction of sp³-hybridized carbons (Fsp3) is 0.226. The number of fused-ring (bicyclic) bond motifs is 2. The van der Waals surface area contributed by atoms with Crippen molar-refractivity contribution in [2.75, 3.05) is 19.3 Å². The van der Waals surface area contributed by atoms with Crippen molar-refractivity contribution < 1.29 is 12.8 Å². The number of likely N-dealkylation sites (tertiary alicyclic amines) is 1. The molecule has 6 aromatic rings. The van der Waals surface area contributed by atoms with Crippen LogP contribution in [-0.4, -0.2) is 62.8 Å². The van der Waals surface area contributed by atoms with Gasteiger partial charge in [-0.05, 0) is 79.0 Å². The van der Waals surface area contributed by atoms with E-state index in [9.17, 15) is 12.8 Å². The second-order valence-electron chi connectivity index (χ2n) is 11.0. The molecule has 0 spiro atoms. The van der Waals surface area contributed by atoms with E-state index >= 15 is 0 Å². The lowest BCUT2D eigenvalue weighted by Gasteiger charge is -2.14. The number of imidazole rings is 1. The van der Waals surface area contributed by atoms with Gasteiger partial charge in [0.25, 0.3) is 0 Å². The van der Waals surface area contributed by atoms with E-state index in [1.165, 1.54) is 30.5 Å². The SMILES string of the molecule is CS(=O)(=O)NCc1cc(F)cc(-c2cccc3[nH]c(-c4[nH]nc5ncc(-c6cncc(CN7CCCC7)c6)cc45)nc23)c1. The Morgan fingerprint density at radius 2 is 1.79 bits per heavy atom. The summed E-state index contributed by atoms with van der Waals surface area (Å²) in [7, 11) is -3.42. The minimum absolute atomic E-state index is 0.0163. The number of pyridine rings is 2. The third-order valence-corrected chi connectivity index (χ3v) is 8.37. The second-order valence-corrected chi connectivity index (χ2v) is 12.8. The number of hydrogen-bond acceptors (Lipinski definition) is 7. The fourth-order valence-electron chi connectivity index (χ4n) is 5.67. The first-order chi connectivity index (χ1) is 20.8. The Morgan fingerprint density at radius 3 is 2.63 bits per heavy atom. The first-order valence-corrected chi connectivity index (χ1v) is 15.9. The van der Waals surface area contributed by atoms with Crippen LogP contribution in [0.5, 0.6) is 0 Å². The maximum Gasteiger partial charge on any atom is 0.209 e. The zero-order valence-corrected chi connectivity index (χ0v) is 24.2. The van der Waals surface area contributed by atoms with E-state index in [-0.39, 0.29) is 6.54 Å². The zero-order chi connectivity index (χ0) is 29.6. The van der Waals surface area contributed by atoms with Gasteiger partial charge in [0, 0.05) is 48.4 Å². The molecule has 5 heterocycles. The normalized spacial score (nSPS) is 14.3. The van der Waals surface area contributed by atoms with Crippen molar-refractivity contribution in [3.63, 3.8) is 0 Å². The van der Waals surface area contributed by atoms with E-state index in [0.29, 0.717) is 39.4 Å². The molecule has 1 aliphatic heterocycles. The van der Waals surface area contributed by atoms with Gasteiger partial charge in [-0.3, -0.25) is 15.0 Å². The molecule has 4 aromatic heterocycles. The molecule has 0 atom stereocenters. The first-order valence-electron chi connectivity index (χ1n) is 14.0. The van der Waals surface area contributed by atoms with E-state index in [1.807, 2.05) is 36.7 Å². The molecule has 0 amide bonds. The van der Waals surface area contributed by atoms with Crippen LogP contribution in [0.4, 0.5) is 4.39 Å². The maximum absolute atomic E-state index is 14.6. The lowest BCUT2D eigenvalue weighted by Crippen LogP contribution is -2.21. The number of rotatable bonds is 8. The highest BCUT2D eigenvalue weighted by molar-refractivity contribution is 7.88. The molecule has 218 valence electrons. The second kappa shape index (κ2) is 11.0. The number of aromatic amines is 2. The summed E-state index contributed by atoms with van der Waals surface area (Å²) in [5.41, 5.74) is 7.55. The average Bonchev–Trinajstić information content (AvgIpc) is 3.75. The van der Waals surface area contributed by atoms with Crippen molar-refractivity contribution in [1.82, 2.24) is 39.8 Å². The minimum atomic E-state index is -3.42. The van der Waals surface area contributed by atoms with Crippen LogP contribution in [-0.2, 0) is 23.1 Å². The lowest BCUT2D eigenvalue weighted by atomic mass is 10.0. The summed E-state index contributed by atoms with van der Waals surface area (Å²) in [6.07, 6.45) is 9.13. The van der Waals surface area contributed by atoms with Crippen molar-refractivity contribution in [2.24, 2.45) is 0 Å². The molecule has 1 fully saturated rings. The molecule has 0 radical (unpaired) electrons. The predicted molar refractivity (Wildman–Crippen MR) is 164 cm³/mol. The van der Waals surface area contributed by atoms with Crippen molar-refractivity contribution in [1.29, 1.82) is 0 Å². The van der Waals surface area contributed by atoms with Gasteiger partial charge >= 0.3 is 0 Å². The maximum atomic E-state index is 14.6. The summed E-state index contributed by atoms with van der Waals surface area (Å²) in [5, 5.41) is 8.30. The van der Waals surface area contributed by atoms with E-state index in [0.717, 1.165) is 47.9 Å². The summed E-state index contributed by atoms with van der Waals surface area (Å²) in [5.74, 6) is 0.105. The van der Waals surface area contributed by atoms with Gasteiger partial charge in [0.05, 0.1) is 22.7 Å². The molecule has 0 bridgehead atoms. The van der Waals surface area contributed by atoms with Gasteiger partial charge in [0.15, 0.2) is 11.5 Å². The van der Waals surface area contributed by atoms with Crippen LogP contribution >= 0.6 is 0 Å². The first kappa shape index (κ1) is 27.3. The Hall–Kier alpha value is -4.52. The Bertz CT molecular complexity index is 2080. The Morgan fingerprint density at radius 1 is 0.977 bits per heavy atom. The summed E-state index contributed by atoms with van der Waals surface area (Å²) in [4.78, 5) is 19.8. The van der Waals surface area contributed by atoms with Crippen LogP contribution in [0.15, 0.2) is 67.1 Å². The minimum Gasteiger partial charge on any atom is -0.337 e. The molecule has 1 saturated heterocycles. The summed E-state index contributed by atoms with van der Waals surface area (Å²) in [6.45, 7) is 3.11. The average molecular weight is 597 g/mol. The molecule has 12 heteroatoms. The van der Waals surface area contributed by atoms with Gasteiger partial charge in [0.1, 0.15) is 11.5 Å².